The molecule has 0 atom stereocenters. The first-order valence-corrected chi connectivity index (χ1v) is 17.3. The number of pyridine rings is 2. The van der Waals surface area contributed by atoms with Crippen LogP contribution in [0.5, 0.6) is 0 Å². The summed E-state index contributed by atoms with van der Waals surface area (Å²) < 4.78 is 2.41. The highest BCUT2D eigenvalue weighted by molar-refractivity contribution is 6.25. The number of aromatic nitrogens is 3. The number of para-hydroxylation sites is 3. The maximum atomic E-state index is 5.46. The van der Waals surface area contributed by atoms with Crippen LogP contribution in [-0.4, -0.2) is 14.5 Å². The molecular weight excluding hydrogens is 619 g/mol. The van der Waals surface area contributed by atoms with E-state index < -0.39 is 0 Å². The molecule has 0 unspecified atom stereocenters. The van der Waals surface area contributed by atoms with Crippen molar-refractivity contribution < 1.29 is 0 Å². The molecule has 238 valence electrons. The van der Waals surface area contributed by atoms with Gasteiger partial charge in [-0.05, 0) is 59.0 Å². The zero-order valence-corrected chi connectivity index (χ0v) is 27.7. The predicted molar refractivity (Wildman–Crippen MR) is 213 cm³/mol. The van der Waals surface area contributed by atoms with Gasteiger partial charge in [0.2, 0.25) is 0 Å². The molecule has 0 bridgehead atoms. The van der Waals surface area contributed by atoms with Crippen LogP contribution in [-0.2, 0) is 0 Å². The van der Waals surface area contributed by atoms with Crippen molar-refractivity contribution in [1.29, 1.82) is 0 Å². The summed E-state index contributed by atoms with van der Waals surface area (Å²) >= 11 is 0. The molecule has 0 radical (unpaired) electrons. The molecule has 3 nitrogen and oxygen atoms in total. The molecular formula is C48H31N3. The van der Waals surface area contributed by atoms with Crippen molar-refractivity contribution in [3.8, 4) is 50.6 Å². The Balaban J connectivity index is 1.27. The number of benzene rings is 7. The molecule has 0 fully saturated rings. The fraction of sp³-hybridized carbons (Fsp3) is 0. The van der Waals surface area contributed by atoms with E-state index in [9.17, 15) is 0 Å². The van der Waals surface area contributed by atoms with Crippen LogP contribution in [0.15, 0.2) is 188 Å². The summed E-state index contributed by atoms with van der Waals surface area (Å²) in [6.07, 6.45) is 0. The topological polar surface area (TPSA) is 30.7 Å². The zero-order chi connectivity index (χ0) is 33.7. The summed E-state index contributed by atoms with van der Waals surface area (Å²) in [4.78, 5) is 10.7. The molecule has 0 saturated heterocycles. The highest BCUT2D eigenvalue weighted by Crippen LogP contribution is 2.43. The van der Waals surface area contributed by atoms with Gasteiger partial charge in [0.1, 0.15) is 0 Å². The van der Waals surface area contributed by atoms with Crippen molar-refractivity contribution in [1.82, 2.24) is 14.5 Å². The van der Waals surface area contributed by atoms with Crippen molar-refractivity contribution in [2.24, 2.45) is 0 Å². The monoisotopic (exact) mass is 649 g/mol. The Hall–Kier alpha value is -6.84. The molecule has 0 aliphatic heterocycles. The first-order valence-electron chi connectivity index (χ1n) is 17.3. The van der Waals surface area contributed by atoms with Gasteiger partial charge in [0, 0.05) is 43.9 Å². The second kappa shape index (κ2) is 11.9. The minimum atomic E-state index is 0.922. The Bertz CT molecular complexity index is 2830. The second-order valence-electron chi connectivity index (χ2n) is 13.0. The molecule has 10 aromatic rings. The summed E-state index contributed by atoms with van der Waals surface area (Å²) in [5.74, 6) is 0. The average molecular weight is 650 g/mol. The summed E-state index contributed by atoms with van der Waals surface area (Å²) in [6.45, 7) is 0. The molecule has 0 saturated carbocycles. The molecule has 0 N–H and O–H groups in total. The third-order valence-electron chi connectivity index (χ3n) is 9.95. The smallest absolute Gasteiger partial charge is 0.0809 e. The van der Waals surface area contributed by atoms with Gasteiger partial charge < -0.3 is 4.57 Å². The maximum absolute atomic E-state index is 5.46. The van der Waals surface area contributed by atoms with Crippen LogP contribution >= 0.6 is 0 Å². The van der Waals surface area contributed by atoms with E-state index in [1.165, 1.54) is 21.7 Å². The van der Waals surface area contributed by atoms with Crippen LogP contribution in [0.4, 0.5) is 0 Å². The molecule has 7 aromatic carbocycles. The number of fused-ring (bicyclic) bond motifs is 7. The molecule has 0 amide bonds. The molecule has 0 aliphatic rings. The first kappa shape index (κ1) is 29.1. The minimum Gasteiger partial charge on any atom is -0.309 e. The van der Waals surface area contributed by atoms with Gasteiger partial charge in [0.25, 0.3) is 0 Å². The number of nitrogens with zero attached hydrogens (tertiary/aromatic N) is 3. The molecule has 3 heteroatoms. The molecule has 3 heterocycles. The molecule has 0 aliphatic carbocycles. The van der Waals surface area contributed by atoms with E-state index in [1.807, 2.05) is 6.07 Å². The number of rotatable bonds is 5. The minimum absolute atomic E-state index is 0.922. The van der Waals surface area contributed by atoms with Crippen LogP contribution < -0.4 is 0 Å². The van der Waals surface area contributed by atoms with Gasteiger partial charge in [-0.1, -0.05) is 146 Å². The largest absolute Gasteiger partial charge is 0.309 e. The van der Waals surface area contributed by atoms with Crippen LogP contribution in [0.1, 0.15) is 0 Å². The van der Waals surface area contributed by atoms with E-state index in [0.29, 0.717) is 0 Å². The second-order valence-corrected chi connectivity index (χ2v) is 13.0. The summed E-state index contributed by atoms with van der Waals surface area (Å²) in [5, 5.41) is 5.90. The lowest BCUT2D eigenvalue weighted by Gasteiger charge is -2.15. The molecule has 51 heavy (non-hydrogen) atoms. The van der Waals surface area contributed by atoms with E-state index in [2.05, 4.69) is 187 Å². The zero-order valence-electron chi connectivity index (χ0n) is 27.7. The summed E-state index contributed by atoms with van der Waals surface area (Å²) in [7, 11) is 0. The quantitative estimate of drug-likeness (QED) is 0.174. The van der Waals surface area contributed by atoms with Gasteiger partial charge in [0.15, 0.2) is 0 Å². The van der Waals surface area contributed by atoms with Crippen LogP contribution in [0.25, 0.3) is 94.1 Å². The molecule has 0 spiro atoms. The predicted octanol–water partition coefficient (Wildman–Crippen LogP) is 12.5. The van der Waals surface area contributed by atoms with E-state index in [4.69, 9.17) is 9.97 Å². The SMILES string of the molecule is c1ccc(-c2cc(-c3ccccc3)nc(-c3cccc(-c4nc5ccccc5c5ccc6c7ccccc7n(-c7ccccc7)c6c45)c3)c2)cc1. The Labute approximate surface area is 295 Å². The van der Waals surface area contributed by atoms with E-state index in [-0.39, 0.29) is 0 Å². The third kappa shape index (κ3) is 4.90. The summed E-state index contributed by atoms with van der Waals surface area (Å²) in [6, 6.07) is 66.6. The van der Waals surface area contributed by atoms with Crippen molar-refractivity contribution in [3.63, 3.8) is 0 Å². The van der Waals surface area contributed by atoms with Crippen molar-refractivity contribution in [2.75, 3.05) is 0 Å². The maximum Gasteiger partial charge on any atom is 0.0809 e. The van der Waals surface area contributed by atoms with Gasteiger partial charge in [-0.15, -0.1) is 0 Å². The van der Waals surface area contributed by atoms with E-state index in [1.54, 1.807) is 0 Å². The number of hydrogen-bond acceptors (Lipinski definition) is 2. The molecule has 10 rings (SSSR count). The van der Waals surface area contributed by atoms with Crippen LogP contribution in [0, 0.1) is 0 Å². The standard InChI is InChI=1S/C48H31N3/c1-4-15-32(16-5-1)36-30-43(33-17-6-2-7-18-33)49-44(31-36)34-19-14-20-35(29-34)47-46-40(38-23-10-12-25-42(38)50-47)27-28-41-39-24-11-13-26-45(39)51(48(41)46)37-21-8-3-9-22-37/h1-31H. The van der Waals surface area contributed by atoms with Crippen LogP contribution in [0.3, 0.4) is 0 Å². The van der Waals surface area contributed by atoms with Crippen LogP contribution in [0.2, 0.25) is 0 Å². The highest BCUT2D eigenvalue weighted by atomic mass is 15.0. The van der Waals surface area contributed by atoms with Gasteiger partial charge in [-0.3, -0.25) is 0 Å². The van der Waals surface area contributed by atoms with Crippen molar-refractivity contribution in [2.45, 2.75) is 0 Å². The first-order chi connectivity index (χ1) is 25.3. The lowest BCUT2D eigenvalue weighted by atomic mass is 9.95. The van der Waals surface area contributed by atoms with Gasteiger partial charge in [-0.2, -0.15) is 0 Å². The highest BCUT2D eigenvalue weighted by Gasteiger charge is 2.20. The van der Waals surface area contributed by atoms with Crippen molar-refractivity contribution >= 4 is 43.5 Å². The summed E-state index contributed by atoms with van der Waals surface area (Å²) in [5.41, 5.74) is 12.7. The lowest BCUT2D eigenvalue weighted by Crippen LogP contribution is -1.97. The fourth-order valence-corrected chi connectivity index (χ4v) is 7.61. The van der Waals surface area contributed by atoms with Gasteiger partial charge >= 0.3 is 0 Å². The molecule has 3 aromatic heterocycles. The van der Waals surface area contributed by atoms with Crippen molar-refractivity contribution in [3.05, 3.63) is 188 Å². The Morgan fingerprint density at radius 2 is 0.941 bits per heavy atom. The fourth-order valence-electron chi connectivity index (χ4n) is 7.61. The normalized spacial score (nSPS) is 11.5. The Kier molecular flexibility index (Phi) is 6.81. The number of hydrogen-bond donors (Lipinski definition) is 0. The van der Waals surface area contributed by atoms with Gasteiger partial charge in [0.05, 0.1) is 33.6 Å². The third-order valence-corrected chi connectivity index (χ3v) is 9.95. The van der Waals surface area contributed by atoms with Gasteiger partial charge in [-0.25, -0.2) is 9.97 Å². The lowest BCUT2D eigenvalue weighted by molar-refractivity contribution is 1.19. The average Bonchev–Trinajstić information content (AvgIpc) is 3.56. The Morgan fingerprint density at radius 3 is 1.73 bits per heavy atom. The Morgan fingerprint density at radius 1 is 0.353 bits per heavy atom. The van der Waals surface area contributed by atoms with E-state index in [0.717, 1.165) is 72.4 Å². The van der Waals surface area contributed by atoms with E-state index >= 15 is 0 Å².